The van der Waals surface area contributed by atoms with E-state index in [0.717, 1.165) is 24.6 Å². The second kappa shape index (κ2) is 8.35. The van der Waals surface area contributed by atoms with Gasteiger partial charge in [0.25, 0.3) is 0 Å². The van der Waals surface area contributed by atoms with Crippen LogP contribution in [0.1, 0.15) is 30.9 Å². The molecule has 1 aliphatic carbocycles. The number of aromatic nitrogens is 2. The summed E-state index contributed by atoms with van der Waals surface area (Å²) in [6.45, 7) is 0. The van der Waals surface area contributed by atoms with Crippen molar-refractivity contribution in [2.45, 2.75) is 25.3 Å². The Morgan fingerprint density at radius 1 is 1.11 bits per heavy atom. The molecule has 1 N–H and O–H groups in total. The topological polar surface area (TPSA) is 114 Å². The largest absolute Gasteiger partial charge is 0.496 e. The van der Waals surface area contributed by atoms with Gasteiger partial charge in [0, 0.05) is 22.5 Å². The second-order valence-corrected chi connectivity index (χ2v) is 10.0. The van der Waals surface area contributed by atoms with E-state index < -0.39 is 10.5 Å². The number of hydrogen-bond acceptors (Lipinski definition) is 6. The fourth-order valence-corrected chi connectivity index (χ4v) is 5.45. The number of halogens is 1. The Kier molecular flexibility index (Phi) is 5.21. The molecule has 3 aromatic carbocycles. The average molecular weight is 518 g/mol. The molecular weight excluding hydrogens is 497 g/mol. The summed E-state index contributed by atoms with van der Waals surface area (Å²) in [6.07, 6.45) is 2.97. The maximum absolute atomic E-state index is 13.8. The van der Waals surface area contributed by atoms with Gasteiger partial charge >= 0.3 is 10.5 Å². The first kappa shape index (κ1) is 23.1. The molecule has 10 heteroatoms. The second-order valence-electron chi connectivity index (χ2n) is 9.08. The maximum atomic E-state index is 13.8. The molecular formula is C27H20FN3O5S. The number of nitrogens with zero attached hydrogens (tertiary/aromatic N) is 2. The van der Waals surface area contributed by atoms with Crippen molar-refractivity contribution in [2.24, 2.45) is 0 Å². The summed E-state index contributed by atoms with van der Waals surface area (Å²) in [5.74, 6) is 0.217. The summed E-state index contributed by atoms with van der Waals surface area (Å²) >= 11 is 0. The number of aromatic amines is 1. The lowest BCUT2D eigenvalue weighted by Crippen LogP contribution is -2.21. The summed E-state index contributed by atoms with van der Waals surface area (Å²) in [6, 6.07) is 17.1. The zero-order valence-electron chi connectivity index (χ0n) is 19.6. The fourth-order valence-electron chi connectivity index (χ4n) is 5.12. The fraction of sp³-hybridized carbons (Fsp3) is 0.185. The summed E-state index contributed by atoms with van der Waals surface area (Å²) in [5.41, 5.74) is 3.53. The summed E-state index contributed by atoms with van der Waals surface area (Å²) in [4.78, 5) is 17.2. The van der Waals surface area contributed by atoms with E-state index in [1.807, 2.05) is 6.07 Å². The zero-order valence-corrected chi connectivity index (χ0v) is 20.4. The van der Waals surface area contributed by atoms with Gasteiger partial charge in [-0.2, -0.15) is 13.7 Å². The van der Waals surface area contributed by atoms with Crippen LogP contribution in [0.25, 0.3) is 44.0 Å². The van der Waals surface area contributed by atoms with Gasteiger partial charge in [-0.3, -0.25) is 4.79 Å². The van der Waals surface area contributed by atoms with Gasteiger partial charge in [0.15, 0.2) is 5.43 Å². The van der Waals surface area contributed by atoms with Gasteiger partial charge in [-0.1, -0.05) is 22.1 Å². The highest BCUT2D eigenvalue weighted by molar-refractivity contribution is 7.81. The first-order chi connectivity index (χ1) is 17.8. The van der Waals surface area contributed by atoms with Crippen molar-refractivity contribution in [3.05, 3.63) is 70.4 Å². The molecule has 0 saturated heterocycles. The van der Waals surface area contributed by atoms with Crippen molar-refractivity contribution >= 4 is 43.3 Å². The minimum atomic E-state index is -5.19. The molecule has 0 unspecified atom stereocenters. The molecule has 37 heavy (non-hydrogen) atoms. The Balaban J connectivity index is 1.68. The SMILES string of the molecule is COc1cc2c(=O)c3c4ccc(C#N)cc4[nH]c3n(C3CCC3)c2cc1-c1cccc(OS(=O)(=O)F)c1. The van der Waals surface area contributed by atoms with Gasteiger partial charge in [-0.25, -0.2) is 0 Å². The highest BCUT2D eigenvalue weighted by Crippen LogP contribution is 2.41. The van der Waals surface area contributed by atoms with Gasteiger partial charge in [-0.15, -0.1) is 0 Å². The minimum absolute atomic E-state index is 0.165. The van der Waals surface area contributed by atoms with E-state index in [9.17, 15) is 22.4 Å². The van der Waals surface area contributed by atoms with Crippen molar-refractivity contribution in [3.63, 3.8) is 0 Å². The number of hydrogen-bond donors (Lipinski definition) is 1. The zero-order chi connectivity index (χ0) is 25.9. The average Bonchev–Trinajstić information content (AvgIpc) is 3.22. The molecule has 5 aromatic rings. The number of rotatable bonds is 5. The van der Waals surface area contributed by atoms with Gasteiger partial charge in [-0.05, 0) is 61.2 Å². The maximum Gasteiger partial charge on any atom is 0.488 e. The van der Waals surface area contributed by atoms with Crippen LogP contribution in [0.3, 0.4) is 0 Å². The Hall–Kier alpha value is -4.36. The molecule has 1 fully saturated rings. The van der Waals surface area contributed by atoms with Crippen LogP contribution in [0.2, 0.25) is 0 Å². The van der Waals surface area contributed by atoms with Crippen LogP contribution >= 0.6 is 0 Å². The predicted molar refractivity (Wildman–Crippen MR) is 138 cm³/mol. The molecule has 0 radical (unpaired) electrons. The lowest BCUT2D eigenvalue weighted by Gasteiger charge is -2.31. The predicted octanol–water partition coefficient (Wildman–Crippen LogP) is 5.50. The number of benzene rings is 3. The van der Waals surface area contributed by atoms with E-state index in [-0.39, 0.29) is 17.2 Å². The normalized spacial score (nSPS) is 14.1. The monoisotopic (exact) mass is 517 g/mol. The third-order valence-electron chi connectivity index (χ3n) is 6.98. The van der Waals surface area contributed by atoms with Crippen molar-refractivity contribution in [1.82, 2.24) is 9.55 Å². The number of fused-ring (bicyclic) bond motifs is 4. The lowest BCUT2D eigenvalue weighted by atomic mass is 9.91. The molecule has 0 spiro atoms. The number of ether oxygens (including phenoxy) is 1. The van der Waals surface area contributed by atoms with Crippen LogP contribution in [-0.2, 0) is 10.5 Å². The van der Waals surface area contributed by atoms with Crippen LogP contribution in [0, 0.1) is 11.3 Å². The highest BCUT2D eigenvalue weighted by atomic mass is 32.3. The van der Waals surface area contributed by atoms with Crippen LogP contribution in [0.5, 0.6) is 11.5 Å². The number of methoxy groups -OCH3 is 1. The molecule has 2 heterocycles. The summed E-state index contributed by atoms with van der Waals surface area (Å²) in [7, 11) is -3.71. The van der Waals surface area contributed by atoms with E-state index in [2.05, 4.69) is 19.8 Å². The van der Waals surface area contributed by atoms with E-state index in [0.29, 0.717) is 49.9 Å². The summed E-state index contributed by atoms with van der Waals surface area (Å²) < 4.78 is 47.4. The Morgan fingerprint density at radius 3 is 2.59 bits per heavy atom. The standard InChI is InChI=1S/C27H20FN3O5S/c1-35-24-13-21-23(12-20(24)16-4-2-7-18(11-16)36-37(28,33)34)31(17-5-3-6-17)27-25(26(21)32)19-9-8-15(14-29)10-22(19)30-27/h2,4,7-13,17,30H,3,5-6H2,1H3. The first-order valence-corrected chi connectivity index (χ1v) is 12.9. The number of nitriles is 1. The number of pyridine rings is 1. The number of nitrogens with one attached hydrogen (secondary N) is 1. The summed E-state index contributed by atoms with van der Waals surface area (Å²) in [5, 5.41) is 11.1. The Labute approximate surface area is 210 Å². The Morgan fingerprint density at radius 2 is 1.92 bits per heavy atom. The van der Waals surface area contributed by atoms with Crippen LogP contribution in [0.4, 0.5) is 3.89 Å². The molecule has 1 aliphatic rings. The van der Waals surface area contributed by atoms with Crippen molar-refractivity contribution in [2.75, 3.05) is 7.11 Å². The molecule has 0 bridgehead atoms. The molecule has 0 amide bonds. The Bertz CT molecular complexity index is 1950. The minimum Gasteiger partial charge on any atom is -0.496 e. The molecule has 0 atom stereocenters. The quantitative estimate of drug-likeness (QED) is 0.308. The third kappa shape index (κ3) is 3.79. The molecule has 186 valence electrons. The molecule has 0 aliphatic heterocycles. The molecule has 6 rings (SSSR count). The van der Waals surface area contributed by atoms with Crippen LogP contribution in [0.15, 0.2) is 59.4 Å². The van der Waals surface area contributed by atoms with Crippen LogP contribution < -0.4 is 14.3 Å². The lowest BCUT2D eigenvalue weighted by molar-refractivity contribution is 0.327. The molecule has 2 aromatic heterocycles. The van der Waals surface area contributed by atoms with E-state index in [1.54, 1.807) is 36.4 Å². The van der Waals surface area contributed by atoms with E-state index in [1.165, 1.54) is 19.2 Å². The van der Waals surface area contributed by atoms with Gasteiger partial charge < -0.3 is 18.5 Å². The van der Waals surface area contributed by atoms with E-state index >= 15 is 0 Å². The molecule has 8 nitrogen and oxygen atoms in total. The first-order valence-electron chi connectivity index (χ1n) is 11.6. The highest BCUT2D eigenvalue weighted by Gasteiger charge is 2.26. The van der Waals surface area contributed by atoms with Gasteiger partial charge in [0.2, 0.25) is 0 Å². The third-order valence-corrected chi connectivity index (χ3v) is 7.37. The molecule has 1 saturated carbocycles. The van der Waals surface area contributed by atoms with Crippen LogP contribution in [-0.4, -0.2) is 25.1 Å². The van der Waals surface area contributed by atoms with Crippen molar-refractivity contribution in [1.29, 1.82) is 5.26 Å². The smallest absolute Gasteiger partial charge is 0.488 e. The van der Waals surface area contributed by atoms with E-state index in [4.69, 9.17) is 4.74 Å². The van der Waals surface area contributed by atoms with Gasteiger partial charge in [0.1, 0.15) is 17.1 Å². The number of H-pyrrole nitrogens is 1. The van der Waals surface area contributed by atoms with Gasteiger partial charge in [0.05, 0.1) is 35.0 Å². The van der Waals surface area contributed by atoms with Crippen molar-refractivity contribution in [3.8, 4) is 28.7 Å². The van der Waals surface area contributed by atoms with Crippen molar-refractivity contribution < 1.29 is 21.2 Å².